The number of ether oxygens (including phenoxy) is 1. The number of carbonyl (C=O) groups is 1. The molecule has 0 radical (unpaired) electrons. The topological polar surface area (TPSA) is 44.1 Å². The van der Waals surface area contributed by atoms with Gasteiger partial charge in [-0.25, -0.2) is 13.9 Å². The molecule has 13 heavy (non-hydrogen) atoms. The molecule has 0 saturated carbocycles. The van der Waals surface area contributed by atoms with Crippen LogP contribution in [0.3, 0.4) is 0 Å². The zero-order valence-electron chi connectivity index (χ0n) is 7.58. The molecule has 0 aromatic carbocycles. The molecular weight excluding hydrogens is 175 g/mol. The molecule has 72 valence electrons. The number of nitrogens with zero attached hydrogens (tertiary/aromatic N) is 2. The highest BCUT2D eigenvalue weighted by Gasteiger charge is 2.14. The molecule has 1 heterocycles. The van der Waals surface area contributed by atoms with Gasteiger partial charge in [-0.05, 0) is 13.8 Å². The highest BCUT2D eigenvalue weighted by atomic mass is 19.1. The Bertz CT molecular complexity index is 309. The molecule has 4 nitrogen and oxygen atoms in total. The summed E-state index contributed by atoms with van der Waals surface area (Å²) in [6, 6.07) is 0. The molecule has 5 heteroatoms. The molecule has 0 spiro atoms. The monoisotopic (exact) mass is 186 g/mol. The predicted molar refractivity (Wildman–Crippen MR) is 44.0 cm³/mol. The van der Waals surface area contributed by atoms with E-state index in [1.165, 1.54) is 6.20 Å². The van der Waals surface area contributed by atoms with Gasteiger partial charge in [0.25, 0.3) is 0 Å². The number of halogens is 1. The molecule has 1 rings (SSSR count). The van der Waals surface area contributed by atoms with Crippen LogP contribution in [0.5, 0.6) is 0 Å². The molecule has 1 aromatic rings. The van der Waals surface area contributed by atoms with E-state index in [-0.39, 0.29) is 0 Å². The lowest BCUT2D eigenvalue weighted by Gasteiger charge is -2.00. The third-order valence-corrected chi connectivity index (χ3v) is 1.71. The lowest BCUT2D eigenvalue weighted by molar-refractivity contribution is 0.0525. The van der Waals surface area contributed by atoms with E-state index < -0.39 is 12.8 Å². The predicted octanol–water partition coefficient (Wildman–Crippen LogP) is 1.30. The summed E-state index contributed by atoms with van der Waals surface area (Å²) in [7, 11) is 0. The number of carbonyl (C=O) groups excluding carboxylic acids is 1. The Morgan fingerprint density at radius 1 is 1.77 bits per heavy atom. The van der Waals surface area contributed by atoms with Crippen molar-refractivity contribution in [1.29, 1.82) is 0 Å². The van der Waals surface area contributed by atoms with Crippen LogP contribution in [0.1, 0.15) is 23.0 Å². The van der Waals surface area contributed by atoms with Gasteiger partial charge in [0.05, 0.1) is 18.5 Å². The van der Waals surface area contributed by atoms with Crippen molar-refractivity contribution in [3.05, 3.63) is 17.5 Å². The molecule has 1 aromatic heterocycles. The van der Waals surface area contributed by atoms with Crippen LogP contribution in [-0.2, 0) is 11.5 Å². The normalized spacial score (nSPS) is 10.1. The lowest BCUT2D eigenvalue weighted by atomic mass is 10.3. The molecule has 0 aliphatic heterocycles. The smallest absolute Gasteiger partial charge is 0.341 e. The van der Waals surface area contributed by atoms with E-state index in [9.17, 15) is 9.18 Å². The summed E-state index contributed by atoms with van der Waals surface area (Å²) >= 11 is 0. The van der Waals surface area contributed by atoms with Crippen LogP contribution >= 0.6 is 0 Å². The first-order valence-electron chi connectivity index (χ1n) is 3.96. The molecule has 0 unspecified atom stereocenters. The first-order valence-corrected chi connectivity index (χ1v) is 3.96. The van der Waals surface area contributed by atoms with Gasteiger partial charge < -0.3 is 4.74 Å². The standard InChI is InChI=1S/C8H11FN2O2/c1-3-13-8(12)7-4-10-11(5-9)6(7)2/h4H,3,5H2,1-2H3. The van der Waals surface area contributed by atoms with Crippen molar-refractivity contribution in [2.45, 2.75) is 20.6 Å². The zero-order valence-corrected chi connectivity index (χ0v) is 7.58. The number of hydrogen-bond acceptors (Lipinski definition) is 3. The zero-order chi connectivity index (χ0) is 9.84. The second kappa shape index (κ2) is 4.02. The summed E-state index contributed by atoms with van der Waals surface area (Å²) in [5.74, 6) is -0.459. The fourth-order valence-electron chi connectivity index (χ4n) is 0.976. The van der Waals surface area contributed by atoms with Gasteiger partial charge in [0, 0.05) is 0 Å². The third-order valence-electron chi connectivity index (χ3n) is 1.71. The van der Waals surface area contributed by atoms with Crippen LogP contribution in [0.15, 0.2) is 6.20 Å². The van der Waals surface area contributed by atoms with Crippen LogP contribution in [0.4, 0.5) is 4.39 Å². The van der Waals surface area contributed by atoms with E-state index in [0.717, 1.165) is 4.68 Å². The average Bonchev–Trinajstić information content (AvgIpc) is 2.47. The summed E-state index contributed by atoms with van der Waals surface area (Å²) < 4.78 is 18.1. The second-order valence-corrected chi connectivity index (χ2v) is 2.48. The summed E-state index contributed by atoms with van der Waals surface area (Å²) in [4.78, 5) is 11.2. The Morgan fingerprint density at radius 3 is 2.92 bits per heavy atom. The van der Waals surface area contributed by atoms with Gasteiger partial charge in [0.1, 0.15) is 5.56 Å². The van der Waals surface area contributed by atoms with Gasteiger partial charge >= 0.3 is 5.97 Å². The maximum atomic E-state index is 12.2. The van der Waals surface area contributed by atoms with Gasteiger partial charge in [-0.2, -0.15) is 5.10 Å². The molecule has 0 bridgehead atoms. The van der Waals surface area contributed by atoms with Gasteiger partial charge in [0.15, 0.2) is 6.80 Å². The first-order chi connectivity index (χ1) is 6.20. The highest BCUT2D eigenvalue weighted by molar-refractivity contribution is 5.90. The molecule has 0 aliphatic carbocycles. The molecule has 0 fully saturated rings. The summed E-state index contributed by atoms with van der Waals surface area (Å²) in [5.41, 5.74) is 0.806. The van der Waals surface area contributed by atoms with Crippen molar-refractivity contribution >= 4 is 5.97 Å². The van der Waals surface area contributed by atoms with Gasteiger partial charge in [-0.3, -0.25) is 0 Å². The fourth-order valence-corrected chi connectivity index (χ4v) is 0.976. The van der Waals surface area contributed by atoms with Gasteiger partial charge in [-0.15, -0.1) is 0 Å². The minimum Gasteiger partial charge on any atom is -0.462 e. The van der Waals surface area contributed by atoms with Crippen LogP contribution in [0, 0.1) is 6.92 Å². The van der Waals surface area contributed by atoms with Crippen LogP contribution in [0.2, 0.25) is 0 Å². The van der Waals surface area contributed by atoms with Crippen LogP contribution < -0.4 is 0 Å². The SMILES string of the molecule is CCOC(=O)c1cnn(CF)c1C. The number of aromatic nitrogens is 2. The van der Waals surface area contributed by atoms with E-state index in [4.69, 9.17) is 4.74 Å². The Kier molecular flexibility index (Phi) is 3.00. The Balaban J connectivity index is 2.89. The molecule has 0 N–H and O–H groups in total. The summed E-state index contributed by atoms with van der Waals surface area (Å²) in [5, 5.41) is 3.68. The van der Waals surface area contributed by atoms with Crippen molar-refractivity contribution in [3.8, 4) is 0 Å². The minimum absolute atomic E-state index is 0.305. The van der Waals surface area contributed by atoms with Crippen molar-refractivity contribution in [2.75, 3.05) is 6.61 Å². The summed E-state index contributed by atoms with van der Waals surface area (Å²) in [6.07, 6.45) is 1.31. The van der Waals surface area contributed by atoms with E-state index in [0.29, 0.717) is 17.9 Å². The van der Waals surface area contributed by atoms with E-state index in [1.807, 2.05) is 0 Å². The molecule has 0 atom stereocenters. The Morgan fingerprint density at radius 2 is 2.46 bits per heavy atom. The van der Waals surface area contributed by atoms with Crippen molar-refractivity contribution in [3.63, 3.8) is 0 Å². The van der Waals surface area contributed by atoms with Crippen molar-refractivity contribution in [1.82, 2.24) is 9.78 Å². The lowest BCUT2D eigenvalue weighted by Crippen LogP contribution is -2.06. The van der Waals surface area contributed by atoms with E-state index >= 15 is 0 Å². The Hall–Kier alpha value is -1.39. The van der Waals surface area contributed by atoms with E-state index in [1.54, 1.807) is 13.8 Å². The van der Waals surface area contributed by atoms with Crippen LogP contribution in [-0.4, -0.2) is 22.4 Å². The van der Waals surface area contributed by atoms with Crippen molar-refractivity contribution in [2.24, 2.45) is 0 Å². The molecule has 0 aliphatic rings. The number of hydrogen-bond donors (Lipinski definition) is 0. The summed E-state index contributed by atoms with van der Waals surface area (Å²) in [6.45, 7) is 2.91. The average molecular weight is 186 g/mol. The highest BCUT2D eigenvalue weighted by Crippen LogP contribution is 2.08. The number of esters is 1. The fraction of sp³-hybridized carbons (Fsp3) is 0.500. The first kappa shape index (κ1) is 9.70. The molecule has 0 saturated heterocycles. The number of alkyl halides is 1. The van der Waals surface area contributed by atoms with Crippen LogP contribution in [0.25, 0.3) is 0 Å². The third kappa shape index (κ3) is 1.85. The maximum Gasteiger partial charge on any atom is 0.341 e. The maximum absolute atomic E-state index is 12.2. The molecular formula is C8H11FN2O2. The van der Waals surface area contributed by atoms with Gasteiger partial charge in [0.2, 0.25) is 0 Å². The minimum atomic E-state index is -0.731. The Labute approximate surface area is 75.3 Å². The van der Waals surface area contributed by atoms with E-state index in [2.05, 4.69) is 5.10 Å². The largest absolute Gasteiger partial charge is 0.462 e. The second-order valence-electron chi connectivity index (χ2n) is 2.48. The quantitative estimate of drug-likeness (QED) is 0.668. The molecule has 0 amide bonds. The number of rotatable bonds is 3. The van der Waals surface area contributed by atoms with Crippen molar-refractivity contribution < 1.29 is 13.9 Å². The van der Waals surface area contributed by atoms with Gasteiger partial charge in [-0.1, -0.05) is 0 Å².